The van der Waals surface area contributed by atoms with Gasteiger partial charge < -0.3 is 14.8 Å². The minimum absolute atomic E-state index is 0.113. The predicted octanol–water partition coefficient (Wildman–Crippen LogP) is 3.64. The molecular weight excluding hydrogens is 392 g/mol. The summed E-state index contributed by atoms with van der Waals surface area (Å²) in [5.41, 5.74) is 3.55. The summed E-state index contributed by atoms with van der Waals surface area (Å²) in [4.78, 5) is 16.5. The van der Waals surface area contributed by atoms with Gasteiger partial charge in [0, 0.05) is 36.3 Å². The first kappa shape index (κ1) is 20.2. The minimum Gasteiger partial charge on any atom is -0.493 e. The number of carbonyl (C=O) groups is 1. The standard InChI is InChI=1S/C24H22N4O3/c1-30-21-9-5-6-10-22(21)31-17-23(29)26-15-19-16-28(20-7-3-2-4-8-20)27-24(19)18-11-13-25-14-12-18/h2-14,16H,15,17H2,1H3,(H,26,29). The number of nitrogens with one attached hydrogen (secondary N) is 1. The highest BCUT2D eigenvalue weighted by atomic mass is 16.5. The maximum atomic E-state index is 12.4. The third-order valence-electron chi connectivity index (χ3n) is 4.67. The molecule has 7 heteroatoms. The zero-order valence-electron chi connectivity index (χ0n) is 17.1. The Kier molecular flexibility index (Phi) is 6.23. The molecule has 4 rings (SSSR count). The molecule has 0 atom stereocenters. The van der Waals surface area contributed by atoms with E-state index < -0.39 is 0 Å². The Balaban J connectivity index is 1.48. The van der Waals surface area contributed by atoms with Crippen LogP contribution >= 0.6 is 0 Å². The van der Waals surface area contributed by atoms with Gasteiger partial charge in [-0.3, -0.25) is 9.78 Å². The third-order valence-corrected chi connectivity index (χ3v) is 4.67. The molecule has 156 valence electrons. The Hall–Kier alpha value is -4.13. The number of aromatic nitrogens is 3. The first-order chi connectivity index (χ1) is 15.2. The van der Waals surface area contributed by atoms with E-state index in [1.54, 1.807) is 31.6 Å². The number of hydrogen-bond donors (Lipinski definition) is 1. The monoisotopic (exact) mass is 414 g/mol. The Morgan fingerprint density at radius 1 is 0.968 bits per heavy atom. The van der Waals surface area contributed by atoms with Crippen molar-refractivity contribution in [3.8, 4) is 28.4 Å². The molecule has 0 saturated carbocycles. The van der Waals surface area contributed by atoms with Gasteiger partial charge >= 0.3 is 0 Å². The van der Waals surface area contributed by atoms with Crippen molar-refractivity contribution in [2.24, 2.45) is 0 Å². The molecule has 31 heavy (non-hydrogen) atoms. The molecule has 0 aliphatic heterocycles. The van der Waals surface area contributed by atoms with Crippen molar-refractivity contribution < 1.29 is 14.3 Å². The first-order valence-corrected chi connectivity index (χ1v) is 9.81. The van der Waals surface area contributed by atoms with Crippen molar-refractivity contribution in [2.45, 2.75) is 6.54 Å². The summed E-state index contributed by atoms with van der Waals surface area (Å²) in [7, 11) is 1.56. The van der Waals surface area contributed by atoms with Crippen LogP contribution in [0.1, 0.15) is 5.56 Å². The minimum atomic E-state index is -0.237. The summed E-state index contributed by atoms with van der Waals surface area (Å²) in [5.74, 6) is 0.868. The fourth-order valence-corrected chi connectivity index (χ4v) is 3.13. The summed E-state index contributed by atoms with van der Waals surface area (Å²) >= 11 is 0. The van der Waals surface area contributed by atoms with Crippen molar-refractivity contribution >= 4 is 5.91 Å². The van der Waals surface area contributed by atoms with Gasteiger partial charge in [0.1, 0.15) is 0 Å². The number of ether oxygens (including phenoxy) is 2. The smallest absolute Gasteiger partial charge is 0.258 e. The van der Waals surface area contributed by atoms with Crippen LogP contribution in [0.5, 0.6) is 11.5 Å². The van der Waals surface area contributed by atoms with Gasteiger partial charge in [0.2, 0.25) is 0 Å². The number of methoxy groups -OCH3 is 1. The Labute approximate surface area is 180 Å². The van der Waals surface area contributed by atoms with Crippen LogP contribution in [0.2, 0.25) is 0 Å². The number of amides is 1. The number of hydrogen-bond acceptors (Lipinski definition) is 5. The maximum absolute atomic E-state index is 12.4. The summed E-state index contributed by atoms with van der Waals surface area (Å²) < 4.78 is 12.7. The van der Waals surface area contributed by atoms with Crippen LogP contribution in [0.4, 0.5) is 0 Å². The Morgan fingerprint density at radius 2 is 1.68 bits per heavy atom. The lowest BCUT2D eigenvalue weighted by molar-refractivity contribution is -0.123. The topological polar surface area (TPSA) is 78.3 Å². The normalized spacial score (nSPS) is 10.5. The van der Waals surface area contributed by atoms with Crippen LogP contribution in [0.3, 0.4) is 0 Å². The van der Waals surface area contributed by atoms with Crippen molar-refractivity contribution in [2.75, 3.05) is 13.7 Å². The second-order valence-electron chi connectivity index (χ2n) is 6.74. The number of carbonyl (C=O) groups excluding carboxylic acids is 1. The van der Waals surface area contributed by atoms with E-state index in [-0.39, 0.29) is 12.5 Å². The maximum Gasteiger partial charge on any atom is 0.258 e. The highest BCUT2D eigenvalue weighted by Crippen LogP contribution is 2.26. The zero-order valence-corrected chi connectivity index (χ0v) is 17.1. The van der Waals surface area contributed by atoms with Gasteiger partial charge in [0.05, 0.1) is 18.5 Å². The third kappa shape index (κ3) is 4.90. The van der Waals surface area contributed by atoms with Gasteiger partial charge in [-0.1, -0.05) is 30.3 Å². The highest BCUT2D eigenvalue weighted by molar-refractivity contribution is 5.78. The highest BCUT2D eigenvalue weighted by Gasteiger charge is 2.14. The number of nitrogens with zero attached hydrogens (tertiary/aromatic N) is 3. The molecule has 7 nitrogen and oxygen atoms in total. The molecule has 0 saturated heterocycles. The van der Waals surface area contributed by atoms with E-state index in [4.69, 9.17) is 14.6 Å². The van der Waals surface area contributed by atoms with Crippen LogP contribution in [-0.2, 0) is 11.3 Å². The van der Waals surface area contributed by atoms with Crippen LogP contribution in [0.25, 0.3) is 16.9 Å². The lowest BCUT2D eigenvalue weighted by Gasteiger charge is -2.10. The fraction of sp³-hybridized carbons (Fsp3) is 0.125. The van der Waals surface area contributed by atoms with Gasteiger partial charge in [-0.25, -0.2) is 4.68 Å². The fourth-order valence-electron chi connectivity index (χ4n) is 3.13. The van der Waals surface area contributed by atoms with E-state index in [1.807, 2.05) is 65.5 Å². The molecule has 1 amide bonds. The molecule has 1 N–H and O–H groups in total. The molecular formula is C24H22N4O3. The first-order valence-electron chi connectivity index (χ1n) is 9.81. The van der Waals surface area contributed by atoms with Gasteiger partial charge in [-0.15, -0.1) is 0 Å². The molecule has 0 radical (unpaired) electrons. The average Bonchev–Trinajstić information content (AvgIpc) is 3.27. The molecule has 2 heterocycles. The van der Waals surface area contributed by atoms with Crippen LogP contribution in [0, 0.1) is 0 Å². The number of rotatable bonds is 8. The number of para-hydroxylation sites is 3. The molecule has 0 spiro atoms. The quantitative estimate of drug-likeness (QED) is 0.476. The van der Waals surface area contributed by atoms with E-state index in [0.717, 1.165) is 22.5 Å². The van der Waals surface area contributed by atoms with Gasteiger partial charge in [-0.05, 0) is 36.4 Å². The molecule has 0 bridgehead atoms. The largest absolute Gasteiger partial charge is 0.493 e. The summed E-state index contributed by atoms with van der Waals surface area (Å²) in [6.45, 7) is 0.205. The van der Waals surface area contributed by atoms with Crippen molar-refractivity contribution in [1.82, 2.24) is 20.1 Å². The van der Waals surface area contributed by atoms with Crippen molar-refractivity contribution in [1.29, 1.82) is 0 Å². The molecule has 2 aromatic heterocycles. The Bertz CT molecular complexity index is 1140. The van der Waals surface area contributed by atoms with Crippen molar-refractivity contribution in [3.05, 3.63) is 90.9 Å². The summed E-state index contributed by atoms with van der Waals surface area (Å²) in [6, 6.07) is 20.8. The van der Waals surface area contributed by atoms with E-state index in [1.165, 1.54) is 0 Å². The Morgan fingerprint density at radius 3 is 2.42 bits per heavy atom. The van der Waals surface area contributed by atoms with Gasteiger partial charge in [0.15, 0.2) is 18.1 Å². The van der Waals surface area contributed by atoms with Gasteiger partial charge in [-0.2, -0.15) is 5.10 Å². The molecule has 2 aromatic carbocycles. The molecule has 0 aliphatic carbocycles. The number of pyridine rings is 1. The molecule has 0 fully saturated rings. The molecule has 0 aliphatic rings. The van der Waals surface area contributed by atoms with Crippen molar-refractivity contribution in [3.63, 3.8) is 0 Å². The lowest BCUT2D eigenvalue weighted by Crippen LogP contribution is -2.28. The van der Waals surface area contributed by atoms with E-state index in [2.05, 4.69) is 10.3 Å². The predicted molar refractivity (Wildman–Crippen MR) is 117 cm³/mol. The summed E-state index contributed by atoms with van der Waals surface area (Å²) in [6.07, 6.45) is 5.37. The number of benzene rings is 2. The molecule has 4 aromatic rings. The summed E-state index contributed by atoms with van der Waals surface area (Å²) in [5, 5.41) is 7.64. The SMILES string of the molecule is COc1ccccc1OCC(=O)NCc1cn(-c2ccccc2)nc1-c1ccncc1. The lowest BCUT2D eigenvalue weighted by atomic mass is 10.1. The second kappa shape index (κ2) is 9.58. The second-order valence-corrected chi connectivity index (χ2v) is 6.74. The zero-order chi connectivity index (χ0) is 21.5. The molecule has 0 unspecified atom stereocenters. The van der Waals surface area contributed by atoms with Gasteiger partial charge in [0.25, 0.3) is 5.91 Å². The van der Waals surface area contributed by atoms with E-state index in [0.29, 0.717) is 18.0 Å². The van der Waals surface area contributed by atoms with Crippen LogP contribution in [-0.4, -0.2) is 34.4 Å². The van der Waals surface area contributed by atoms with E-state index in [9.17, 15) is 4.79 Å². The van der Waals surface area contributed by atoms with Crippen LogP contribution < -0.4 is 14.8 Å². The average molecular weight is 414 g/mol. The van der Waals surface area contributed by atoms with E-state index >= 15 is 0 Å². The van der Waals surface area contributed by atoms with Crippen LogP contribution in [0.15, 0.2) is 85.3 Å².